The molecule has 0 saturated carbocycles. The van der Waals surface area contributed by atoms with Gasteiger partial charge in [-0.15, -0.1) is 0 Å². The van der Waals surface area contributed by atoms with Crippen LogP contribution in [0, 0.1) is 0 Å². The first-order chi connectivity index (χ1) is 7.57. The van der Waals surface area contributed by atoms with Crippen molar-refractivity contribution in [2.45, 2.75) is 38.0 Å². The summed E-state index contributed by atoms with van der Waals surface area (Å²) in [5, 5.41) is -0.459. The molecular formula is C10H22N2O3S. The van der Waals surface area contributed by atoms with Crippen molar-refractivity contribution in [3.8, 4) is 0 Å². The molecule has 1 heterocycles. The predicted molar refractivity (Wildman–Crippen MR) is 63.7 cm³/mol. The number of sulfonamides is 1. The van der Waals surface area contributed by atoms with Crippen LogP contribution in [0.1, 0.15) is 26.7 Å². The number of morpholine rings is 1. The number of hydrogen-bond acceptors (Lipinski definition) is 4. The molecule has 96 valence electrons. The molecule has 0 amide bonds. The summed E-state index contributed by atoms with van der Waals surface area (Å²) < 4.78 is 31.5. The van der Waals surface area contributed by atoms with Gasteiger partial charge < -0.3 is 10.5 Å². The summed E-state index contributed by atoms with van der Waals surface area (Å²) >= 11 is 0. The molecule has 0 aromatic heterocycles. The van der Waals surface area contributed by atoms with E-state index in [2.05, 4.69) is 0 Å². The summed E-state index contributed by atoms with van der Waals surface area (Å²) in [4.78, 5) is 0. The molecule has 1 aliphatic rings. The highest BCUT2D eigenvalue weighted by molar-refractivity contribution is 7.89. The van der Waals surface area contributed by atoms with Crippen LogP contribution in [0.15, 0.2) is 0 Å². The molecule has 2 atom stereocenters. The van der Waals surface area contributed by atoms with E-state index in [0.29, 0.717) is 26.2 Å². The fraction of sp³-hybridized carbons (Fsp3) is 1.00. The van der Waals surface area contributed by atoms with Crippen molar-refractivity contribution in [3.63, 3.8) is 0 Å². The second kappa shape index (κ2) is 5.95. The Morgan fingerprint density at radius 3 is 2.69 bits per heavy atom. The first-order valence-corrected chi connectivity index (χ1v) is 7.36. The zero-order chi connectivity index (χ0) is 12.2. The highest BCUT2D eigenvalue weighted by Gasteiger charge is 2.36. The van der Waals surface area contributed by atoms with Crippen LogP contribution in [0.2, 0.25) is 0 Å². The highest BCUT2D eigenvalue weighted by Crippen LogP contribution is 2.19. The van der Waals surface area contributed by atoms with Crippen LogP contribution in [-0.4, -0.2) is 50.3 Å². The van der Waals surface area contributed by atoms with Gasteiger partial charge in [-0.05, 0) is 12.8 Å². The predicted octanol–water partition coefficient (Wildman–Crippen LogP) is 0.164. The van der Waals surface area contributed by atoms with Crippen molar-refractivity contribution >= 4 is 10.0 Å². The van der Waals surface area contributed by atoms with Gasteiger partial charge in [0, 0.05) is 19.1 Å². The van der Waals surface area contributed by atoms with Crippen LogP contribution >= 0.6 is 0 Å². The highest BCUT2D eigenvalue weighted by atomic mass is 32.2. The van der Waals surface area contributed by atoms with Gasteiger partial charge in [-0.1, -0.05) is 13.8 Å². The van der Waals surface area contributed by atoms with Crippen molar-refractivity contribution in [1.29, 1.82) is 0 Å². The largest absolute Gasteiger partial charge is 0.378 e. The summed E-state index contributed by atoms with van der Waals surface area (Å²) in [7, 11) is -3.26. The van der Waals surface area contributed by atoms with E-state index in [1.165, 1.54) is 0 Å². The lowest BCUT2D eigenvalue weighted by Crippen LogP contribution is -2.52. The van der Waals surface area contributed by atoms with Crippen LogP contribution < -0.4 is 5.73 Å². The summed E-state index contributed by atoms with van der Waals surface area (Å²) in [6.45, 7) is 5.46. The Kier molecular flexibility index (Phi) is 5.17. The number of nitrogens with two attached hydrogens (primary N) is 1. The minimum atomic E-state index is -3.26. The average molecular weight is 250 g/mol. The first kappa shape index (κ1) is 13.9. The molecule has 0 radical (unpaired) electrons. The van der Waals surface area contributed by atoms with Gasteiger partial charge in [0.25, 0.3) is 0 Å². The van der Waals surface area contributed by atoms with Crippen molar-refractivity contribution < 1.29 is 13.2 Å². The number of hydrogen-bond donors (Lipinski definition) is 1. The summed E-state index contributed by atoms with van der Waals surface area (Å²) in [5.41, 5.74) is 5.53. The fourth-order valence-corrected chi connectivity index (χ4v) is 3.99. The maximum absolute atomic E-state index is 12.3. The van der Waals surface area contributed by atoms with E-state index in [9.17, 15) is 8.42 Å². The molecule has 0 spiro atoms. The van der Waals surface area contributed by atoms with Crippen LogP contribution in [0.4, 0.5) is 0 Å². The third-order valence-electron chi connectivity index (χ3n) is 3.11. The van der Waals surface area contributed by atoms with Gasteiger partial charge >= 0.3 is 0 Å². The normalized spacial score (nSPS) is 25.6. The minimum absolute atomic E-state index is 0.0284. The second-order valence-electron chi connectivity index (χ2n) is 4.06. The van der Waals surface area contributed by atoms with Crippen LogP contribution in [0.25, 0.3) is 0 Å². The first-order valence-electron chi connectivity index (χ1n) is 5.86. The van der Waals surface area contributed by atoms with Crippen LogP contribution in [0.5, 0.6) is 0 Å². The molecule has 1 rings (SSSR count). The van der Waals surface area contributed by atoms with Gasteiger partial charge in [0.1, 0.15) is 0 Å². The summed E-state index contributed by atoms with van der Waals surface area (Å²) in [5.74, 6) is 0. The smallest absolute Gasteiger partial charge is 0.218 e. The molecule has 6 heteroatoms. The Labute approximate surface area is 98.0 Å². The average Bonchev–Trinajstić information content (AvgIpc) is 2.30. The fourth-order valence-electron chi connectivity index (χ4n) is 1.99. The summed E-state index contributed by atoms with van der Waals surface area (Å²) in [6.07, 6.45) is 1.34. The molecule has 1 fully saturated rings. The van der Waals surface area contributed by atoms with E-state index in [0.717, 1.165) is 6.42 Å². The Bertz CT molecular complexity index is 301. The van der Waals surface area contributed by atoms with Crippen LogP contribution in [-0.2, 0) is 14.8 Å². The molecule has 16 heavy (non-hydrogen) atoms. The van der Waals surface area contributed by atoms with Gasteiger partial charge in [-0.3, -0.25) is 0 Å². The van der Waals surface area contributed by atoms with Gasteiger partial charge in [0.05, 0.1) is 18.5 Å². The Hall–Kier alpha value is -0.170. The van der Waals surface area contributed by atoms with Gasteiger partial charge in [0.15, 0.2) is 0 Å². The third-order valence-corrected chi connectivity index (χ3v) is 5.61. The molecular weight excluding hydrogens is 228 g/mol. The Morgan fingerprint density at radius 2 is 2.19 bits per heavy atom. The lowest BCUT2D eigenvalue weighted by Gasteiger charge is -2.36. The van der Waals surface area contributed by atoms with Crippen LogP contribution in [0.3, 0.4) is 0 Å². The molecule has 5 nitrogen and oxygen atoms in total. The van der Waals surface area contributed by atoms with E-state index < -0.39 is 15.3 Å². The zero-order valence-corrected chi connectivity index (χ0v) is 10.9. The third kappa shape index (κ3) is 2.74. The number of nitrogens with zero attached hydrogens (tertiary/aromatic N) is 1. The van der Waals surface area contributed by atoms with Gasteiger partial charge in [-0.2, -0.15) is 4.31 Å². The van der Waals surface area contributed by atoms with Crippen molar-refractivity contribution in [3.05, 3.63) is 0 Å². The monoisotopic (exact) mass is 250 g/mol. The van der Waals surface area contributed by atoms with E-state index in [1.807, 2.05) is 13.8 Å². The Balaban J connectivity index is 2.87. The molecule has 0 bridgehead atoms. The van der Waals surface area contributed by atoms with E-state index in [1.54, 1.807) is 4.31 Å². The maximum atomic E-state index is 12.3. The SMILES string of the molecule is CCC1COCCN1S(=O)(=O)C(CC)CN. The Morgan fingerprint density at radius 1 is 1.50 bits per heavy atom. The second-order valence-corrected chi connectivity index (χ2v) is 6.22. The number of ether oxygens (including phenoxy) is 1. The molecule has 0 aromatic carbocycles. The zero-order valence-electron chi connectivity index (χ0n) is 10.1. The minimum Gasteiger partial charge on any atom is -0.378 e. The summed E-state index contributed by atoms with van der Waals surface area (Å²) in [6, 6.07) is -0.0284. The topological polar surface area (TPSA) is 72.6 Å². The quantitative estimate of drug-likeness (QED) is 0.754. The van der Waals surface area contributed by atoms with E-state index in [-0.39, 0.29) is 12.6 Å². The lowest BCUT2D eigenvalue weighted by atomic mass is 10.2. The standard InChI is InChI=1S/C10H22N2O3S/c1-3-9-8-15-6-5-12(9)16(13,14)10(4-2)7-11/h9-10H,3-8,11H2,1-2H3. The van der Waals surface area contributed by atoms with E-state index >= 15 is 0 Å². The molecule has 2 unspecified atom stereocenters. The van der Waals surface area contributed by atoms with Crippen molar-refractivity contribution in [2.75, 3.05) is 26.3 Å². The van der Waals surface area contributed by atoms with Gasteiger partial charge in [0.2, 0.25) is 10.0 Å². The molecule has 1 aliphatic heterocycles. The molecule has 2 N–H and O–H groups in total. The van der Waals surface area contributed by atoms with Crippen molar-refractivity contribution in [2.24, 2.45) is 5.73 Å². The molecule has 0 aliphatic carbocycles. The number of rotatable bonds is 5. The van der Waals surface area contributed by atoms with Crippen molar-refractivity contribution in [1.82, 2.24) is 4.31 Å². The van der Waals surface area contributed by atoms with E-state index in [4.69, 9.17) is 10.5 Å². The molecule has 1 saturated heterocycles. The maximum Gasteiger partial charge on any atom is 0.218 e. The van der Waals surface area contributed by atoms with Gasteiger partial charge in [-0.25, -0.2) is 8.42 Å². The lowest BCUT2D eigenvalue weighted by molar-refractivity contribution is 0.0310. The molecule has 0 aromatic rings.